The predicted octanol–water partition coefficient (Wildman–Crippen LogP) is 7.91. The highest BCUT2D eigenvalue weighted by Crippen LogP contribution is 2.45. The number of aryl methyl sites for hydroxylation is 1. The van der Waals surface area contributed by atoms with E-state index in [4.69, 9.17) is 17.4 Å². The van der Waals surface area contributed by atoms with Crippen molar-refractivity contribution in [1.82, 2.24) is 10.2 Å². The van der Waals surface area contributed by atoms with Crippen LogP contribution in [0.4, 0.5) is 10.5 Å². The minimum atomic E-state index is -0.655. The summed E-state index contributed by atoms with van der Waals surface area (Å²) >= 11 is 5.55. The van der Waals surface area contributed by atoms with Crippen LogP contribution in [0.5, 0.6) is 0 Å². The average Bonchev–Trinajstić information content (AvgIpc) is 3.09. The number of carbonyl (C=O) groups excluding carboxylic acids is 1. The number of ether oxygens (including phenoxy) is 1. The van der Waals surface area contributed by atoms with Crippen molar-refractivity contribution in [1.29, 1.82) is 0 Å². The van der Waals surface area contributed by atoms with Gasteiger partial charge in [-0.1, -0.05) is 103 Å². The minimum Gasteiger partial charge on any atom is -0.444 e. The van der Waals surface area contributed by atoms with E-state index in [9.17, 15) is 4.79 Å². The van der Waals surface area contributed by atoms with Crippen LogP contribution in [0, 0.1) is 0 Å². The zero-order valence-electron chi connectivity index (χ0n) is 28.1. The third kappa shape index (κ3) is 7.39. The number of amides is 1. The first kappa shape index (κ1) is 33.2. The Morgan fingerprint density at radius 2 is 1.28 bits per heavy atom. The Kier molecular flexibility index (Phi) is 10.3. The minimum absolute atomic E-state index is 0.329. The van der Waals surface area contributed by atoms with Crippen molar-refractivity contribution in [2.75, 3.05) is 37.6 Å². The van der Waals surface area contributed by atoms with E-state index in [-0.39, 0.29) is 11.3 Å². The molecule has 1 fully saturated rings. The molecule has 246 valence electrons. The number of benzene rings is 4. The monoisotopic (exact) mass is 647 g/mol. The van der Waals surface area contributed by atoms with Gasteiger partial charge in [-0.3, -0.25) is 4.90 Å². The van der Waals surface area contributed by atoms with Crippen LogP contribution in [0.15, 0.2) is 109 Å². The summed E-state index contributed by atoms with van der Waals surface area (Å²) in [6.07, 6.45) is 4.51. The quantitative estimate of drug-likeness (QED) is 0.143. The highest BCUT2D eigenvalue weighted by Gasteiger charge is 2.46. The molecule has 2 atom stereocenters. The summed E-state index contributed by atoms with van der Waals surface area (Å²) in [5.74, 6) is 0. The molecule has 0 bridgehead atoms. The third-order valence-electron chi connectivity index (χ3n) is 9.75. The molecule has 0 radical (unpaired) electrons. The standard InChI is InChI=1S/C41H49N3O2S/c1-40(2,3)46-39(45)42-36(30-43-26-28-44(29-27-43)37-25-15-17-31-16-13-14-24-35(31)37)38(47)41(32-18-7-4-8-19-32,33-20-9-5-10-21-33)34-22-11-6-12-23-34/h4-12,15,17-23,25,36,38,47H,13-14,16,24,26-30H2,1-3H3,(H,42,45). The summed E-state index contributed by atoms with van der Waals surface area (Å²) < 4.78 is 5.85. The highest BCUT2D eigenvalue weighted by molar-refractivity contribution is 7.81. The molecule has 2 aliphatic rings. The Morgan fingerprint density at radius 3 is 1.81 bits per heavy atom. The van der Waals surface area contributed by atoms with Gasteiger partial charge in [-0.25, -0.2) is 4.79 Å². The van der Waals surface area contributed by atoms with Crippen molar-refractivity contribution in [3.63, 3.8) is 0 Å². The lowest BCUT2D eigenvalue weighted by Gasteiger charge is -2.46. The van der Waals surface area contributed by atoms with E-state index in [1.54, 1.807) is 5.56 Å². The topological polar surface area (TPSA) is 44.8 Å². The molecule has 2 unspecified atom stereocenters. The Hall–Kier alpha value is -3.74. The SMILES string of the molecule is CC(C)(C)OC(=O)NC(CN1CCN(c2cccc3c2CCCC3)CC1)C(S)C(c1ccccc1)(c1ccccc1)c1ccccc1. The van der Waals surface area contributed by atoms with Crippen molar-refractivity contribution in [2.24, 2.45) is 0 Å². The van der Waals surface area contributed by atoms with E-state index >= 15 is 0 Å². The third-order valence-corrected chi connectivity index (χ3v) is 10.5. The van der Waals surface area contributed by atoms with E-state index in [1.165, 1.54) is 36.9 Å². The normalized spacial score (nSPS) is 17.0. The van der Waals surface area contributed by atoms with Crippen LogP contribution in [-0.4, -0.2) is 60.6 Å². The molecule has 1 amide bonds. The first-order valence-corrected chi connectivity index (χ1v) is 17.7. The van der Waals surface area contributed by atoms with E-state index in [2.05, 4.69) is 124 Å². The van der Waals surface area contributed by atoms with Gasteiger partial charge in [0.25, 0.3) is 0 Å². The van der Waals surface area contributed by atoms with Gasteiger partial charge < -0.3 is 15.0 Å². The van der Waals surface area contributed by atoms with Gasteiger partial charge in [0.05, 0.1) is 11.5 Å². The summed E-state index contributed by atoms with van der Waals surface area (Å²) in [5.41, 5.74) is 6.61. The number of anilines is 1. The van der Waals surface area contributed by atoms with Crippen LogP contribution < -0.4 is 10.2 Å². The maximum atomic E-state index is 13.5. The lowest BCUT2D eigenvalue weighted by atomic mass is 9.65. The Balaban J connectivity index is 1.34. The van der Waals surface area contributed by atoms with Crippen LogP contribution in [0.25, 0.3) is 0 Å². The predicted molar refractivity (Wildman–Crippen MR) is 197 cm³/mol. The van der Waals surface area contributed by atoms with E-state index in [0.717, 1.165) is 42.9 Å². The lowest BCUT2D eigenvalue weighted by molar-refractivity contribution is 0.0485. The fraction of sp³-hybridized carbons (Fsp3) is 0.390. The molecule has 0 saturated carbocycles. The molecular weight excluding hydrogens is 599 g/mol. The molecule has 47 heavy (non-hydrogen) atoms. The van der Waals surface area contributed by atoms with Crippen molar-refractivity contribution in [3.8, 4) is 0 Å². The Labute approximate surface area is 286 Å². The maximum absolute atomic E-state index is 13.5. The van der Waals surface area contributed by atoms with Crippen LogP contribution in [0.3, 0.4) is 0 Å². The molecule has 0 spiro atoms. The Bertz CT molecular complexity index is 1500. The van der Waals surface area contributed by atoms with E-state index in [1.807, 2.05) is 20.8 Å². The molecule has 4 aromatic carbocycles. The van der Waals surface area contributed by atoms with E-state index in [0.29, 0.717) is 6.54 Å². The smallest absolute Gasteiger partial charge is 0.407 e. The van der Waals surface area contributed by atoms with Gasteiger partial charge in [0, 0.05) is 43.7 Å². The first-order valence-electron chi connectivity index (χ1n) is 17.2. The summed E-state index contributed by atoms with van der Waals surface area (Å²) in [5, 5.41) is 2.99. The molecule has 1 aliphatic heterocycles. The Morgan fingerprint density at radius 1 is 0.745 bits per heavy atom. The number of hydrogen-bond donors (Lipinski definition) is 2. The van der Waals surface area contributed by atoms with Crippen molar-refractivity contribution >= 4 is 24.4 Å². The molecule has 6 heteroatoms. The van der Waals surface area contributed by atoms with Crippen LogP contribution in [-0.2, 0) is 23.0 Å². The van der Waals surface area contributed by atoms with Gasteiger partial charge in [-0.2, -0.15) is 12.6 Å². The summed E-state index contributed by atoms with van der Waals surface area (Å²) in [7, 11) is 0. The zero-order chi connectivity index (χ0) is 32.9. The molecule has 1 aliphatic carbocycles. The average molecular weight is 648 g/mol. The van der Waals surface area contributed by atoms with E-state index < -0.39 is 17.1 Å². The molecule has 0 aromatic heterocycles. The highest BCUT2D eigenvalue weighted by atomic mass is 32.1. The molecule has 4 aromatic rings. The summed E-state index contributed by atoms with van der Waals surface area (Å²) in [6.45, 7) is 10.1. The fourth-order valence-electron chi connectivity index (χ4n) is 7.61. The molecule has 1 heterocycles. The van der Waals surface area contributed by atoms with Gasteiger partial charge >= 0.3 is 6.09 Å². The number of hydrogen-bond acceptors (Lipinski definition) is 5. The second kappa shape index (κ2) is 14.6. The lowest BCUT2D eigenvalue weighted by Crippen LogP contribution is -2.59. The maximum Gasteiger partial charge on any atom is 0.407 e. The van der Waals surface area contributed by atoms with Crippen molar-refractivity contribution in [2.45, 2.75) is 68.8 Å². The molecule has 1 saturated heterocycles. The number of piperazine rings is 1. The molecule has 6 rings (SSSR count). The number of alkyl carbamates (subject to hydrolysis) is 1. The second-order valence-corrected chi connectivity index (χ2v) is 14.6. The summed E-state index contributed by atoms with van der Waals surface area (Å²) in [6, 6.07) is 38.4. The number of thiol groups is 1. The van der Waals surface area contributed by atoms with Crippen molar-refractivity contribution < 1.29 is 9.53 Å². The number of rotatable bonds is 9. The number of fused-ring (bicyclic) bond motifs is 1. The number of nitrogens with zero attached hydrogens (tertiary/aromatic N) is 2. The van der Waals surface area contributed by atoms with Gasteiger partial charge in [0.1, 0.15) is 5.60 Å². The van der Waals surface area contributed by atoms with Crippen LogP contribution in [0.1, 0.15) is 61.4 Å². The van der Waals surface area contributed by atoms with Gasteiger partial charge in [0.15, 0.2) is 0 Å². The summed E-state index contributed by atoms with van der Waals surface area (Å²) in [4.78, 5) is 18.6. The van der Waals surface area contributed by atoms with Crippen LogP contribution in [0.2, 0.25) is 0 Å². The number of nitrogens with one attached hydrogen (secondary N) is 1. The van der Waals surface area contributed by atoms with Gasteiger partial charge in [-0.05, 0) is 80.3 Å². The van der Waals surface area contributed by atoms with Crippen LogP contribution >= 0.6 is 12.6 Å². The molecule has 1 N–H and O–H groups in total. The zero-order valence-corrected chi connectivity index (χ0v) is 29.0. The van der Waals surface area contributed by atoms with Gasteiger partial charge in [0.2, 0.25) is 0 Å². The fourth-order valence-corrected chi connectivity index (χ4v) is 8.22. The largest absolute Gasteiger partial charge is 0.444 e. The first-order chi connectivity index (χ1) is 22.8. The van der Waals surface area contributed by atoms with Gasteiger partial charge in [-0.15, -0.1) is 0 Å². The molecule has 5 nitrogen and oxygen atoms in total. The second-order valence-electron chi connectivity index (χ2n) is 14.0. The van der Waals surface area contributed by atoms with Crippen molar-refractivity contribution in [3.05, 3.63) is 137 Å². The molecular formula is C41H49N3O2S. The number of carbonyl (C=O) groups is 1.